The fourth-order valence-electron chi connectivity index (χ4n) is 2.03. The van der Waals surface area contributed by atoms with E-state index < -0.39 is 5.92 Å². The maximum absolute atomic E-state index is 12.1. The number of methoxy groups -OCH3 is 1. The molecule has 0 aliphatic carbocycles. The third-order valence-corrected chi connectivity index (χ3v) is 3.26. The fraction of sp³-hybridized carbons (Fsp3) is 0.235. The number of nitrogens with two attached hydrogens (primary N) is 1. The lowest BCUT2D eigenvalue weighted by Gasteiger charge is -2.14. The van der Waals surface area contributed by atoms with Gasteiger partial charge in [0.2, 0.25) is 0 Å². The van der Waals surface area contributed by atoms with Crippen molar-refractivity contribution in [1.82, 2.24) is 0 Å². The molecule has 0 heterocycles. The molecule has 0 saturated carbocycles. The quantitative estimate of drug-likeness (QED) is 0.828. The third kappa shape index (κ3) is 4.07. The van der Waals surface area contributed by atoms with Crippen molar-refractivity contribution in [3.8, 4) is 5.75 Å². The van der Waals surface area contributed by atoms with Crippen molar-refractivity contribution in [2.75, 3.05) is 13.7 Å². The van der Waals surface area contributed by atoms with E-state index in [-0.39, 0.29) is 19.1 Å². The Labute approximate surface area is 124 Å². The molecule has 1 atom stereocenters. The summed E-state index contributed by atoms with van der Waals surface area (Å²) < 4.78 is 10.4. The highest BCUT2D eigenvalue weighted by Crippen LogP contribution is 2.17. The van der Waals surface area contributed by atoms with Crippen molar-refractivity contribution in [1.29, 1.82) is 0 Å². The van der Waals surface area contributed by atoms with E-state index in [1.165, 1.54) is 0 Å². The Balaban J connectivity index is 1.96. The number of benzene rings is 2. The lowest BCUT2D eigenvalue weighted by molar-refractivity contribution is -0.146. The summed E-state index contributed by atoms with van der Waals surface area (Å²) >= 11 is 0. The lowest BCUT2D eigenvalue weighted by atomic mass is 10.00. The van der Waals surface area contributed by atoms with E-state index >= 15 is 0 Å². The van der Waals surface area contributed by atoms with Gasteiger partial charge in [-0.25, -0.2) is 0 Å². The molecule has 4 heteroatoms. The van der Waals surface area contributed by atoms with Gasteiger partial charge in [-0.3, -0.25) is 4.79 Å². The molecule has 4 nitrogen and oxygen atoms in total. The van der Waals surface area contributed by atoms with Crippen LogP contribution in [0, 0.1) is 0 Å². The Morgan fingerprint density at radius 2 is 1.76 bits per heavy atom. The first-order valence-corrected chi connectivity index (χ1v) is 6.79. The van der Waals surface area contributed by atoms with Crippen molar-refractivity contribution in [3.63, 3.8) is 0 Å². The minimum Gasteiger partial charge on any atom is -0.497 e. The molecule has 1 unspecified atom stereocenters. The van der Waals surface area contributed by atoms with E-state index in [4.69, 9.17) is 15.2 Å². The van der Waals surface area contributed by atoms with Crippen LogP contribution in [-0.4, -0.2) is 19.6 Å². The van der Waals surface area contributed by atoms with E-state index in [0.29, 0.717) is 0 Å². The summed E-state index contributed by atoms with van der Waals surface area (Å²) in [6.07, 6.45) is 0. The minimum atomic E-state index is -0.426. The summed E-state index contributed by atoms with van der Waals surface area (Å²) in [5, 5.41) is 0. The summed E-state index contributed by atoms with van der Waals surface area (Å²) in [6.45, 7) is 0.456. The van der Waals surface area contributed by atoms with Gasteiger partial charge in [-0.2, -0.15) is 0 Å². The normalized spacial score (nSPS) is 11.7. The van der Waals surface area contributed by atoms with Crippen molar-refractivity contribution < 1.29 is 14.3 Å². The molecule has 0 saturated heterocycles. The molecule has 0 aliphatic heterocycles. The van der Waals surface area contributed by atoms with E-state index in [1.54, 1.807) is 7.11 Å². The van der Waals surface area contributed by atoms with Gasteiger partial charge < -0.3 is 15.2 Å². The first-order valence-electron chi connectivity index (χ1n) is 6.79. The van der Waals surface area contributed by atoms with Crippen LogP contribution >= 0.6 is 0 Å². The van der Waals surface area contributed by atoms with Gasteiger partial charge in [-0.1, -0.05) is 42.5 Å². The summed E-state index contributed by atoms with van der Waals surface area (Å²) in [6, 6.07) is 16.8. The largest absolute Gasteiger partial charge is 0.497 e. The zero-order valence-electron chi connectivity index (χ0n) is 12.0. The van der Waals surface area contributed by atoms with Crippen molar-refractivity contribution in [2.45, 2.75) is 12.5 Å². The molecule has 0 radical (unpaired) electrons. The predicted octanol–water partition coefficient (Wildman–Crippen LogP) is 2.48. The molecular weight excluding hydrogens is 266 g/mol. The van der Waals surface area contributed by atoms with Gasteiger partial charge in [-0.15, -0.1) is 0 Å². The van der Waals surface area contributed by atoms with Crippen LogP contribution in [0.3, 0.4) is 0 Å². The molecule has 21 heavy (non-hydrogen) atoms. The lowest BCUT2D eigenvalue weighted by Crippen LogP contribution is -2.23. The zero-order chi connectivity index (χ0) is 15.1. The van der Waals surface area contributed by atoms with Crippen molar-refractivity contribution in [2.24, 2.45) is 5.73 Å². The molecular formula is C17H19NO3. The van der Waals surface area contributed by atoms with E-state index in [9.17, 15) is 4.79 Å². The van der Waals surface area contributed by atoms with Crippen LogP contribution in [-0.2, 0) is 16.1 Å². The van der Waals surface area contributed by atoms with Crippen LogP contribution in [0.15, 0.2) is 54.6 Å². The predicted molar refractivity (Wildman–Crippen MR) is 81.0 cm³/mol. The molecule has 0 bridgehead atoms. The van der Waals surface area contributed by atoms with Crippen molar-refractivity contribution >= 4 is 5.97 Å². The Hall–Kier alpha value is -2.33. The second kappa shape index (κ2) is 7.45. The highest BCUT2D eigenvalue weighted by Gasteiger charge is 2.20. The van der Waals surface area contributed by atoms with E-state index in [1.807, 2.05) is 54.6 Å². The first kappa shape index (κ1) is 15.1. The van der Waals surface area contributed by atoms with Crippen LogP contribution in [0.2, 0.25) is 0 Å². The topological polar surface area (TPSA) is 61.5 Å². The van der Waals surface area contributed by atoms with Gasteiger partial charge in [0.15, 0.2) is 0 Å². The fourth-order valence-corrected chi connectivity index (χ4v) is 2.03. The summed E-state index contributed by atoms with van der Waals surface area (Å²) in [7, 11) is 1.61. The second-order valence-electron chi connectivity index (χ2n) is 4.65. The average Bonchev–Trinajstić information content (AvgIpc) is 2.55. The van der Waals surface area contributed by atoms with Gasteiger partial charge in [0.25, 0.3) is 0 Å². The number of carbonyl (C=O) groups excluding carboxylic acids is 1. The van der Waals surface area contributed by atoms with Gasteiger partial charge in [0.05, 0.1) is 13.0 Å². The van der Waals surface area contributed by atoms with Gasteiger partial charge in [-0.05, 0) is 23.3 Å². The highest BCUT2D eigenvalue weighted by molar-refractivity contribution is 5.78. The van der Waals surface area contributed by atoms with Crippen LogP contribution in [0.4, 0.5) is 0 Å². The van der Waals surface area contributed by atoms with Crippen LogP contribution < -0.4 is 10.5 Å². The molecule has 2 aromatic carbocycles. The van der Waals surface area contributed by atoms with Gasteiger partial charge in [0.1, 0.15) is 12.4 Å². The molecule has 2 aromatic rings. The van der Waals surface area contributed by atoms with Gasteiger partial charge >= 0.3 is 5.97 Å². The Morgan fingerprint density at radius 3 is 2.33 bits per heavy atom. The maximum atomic E-state index is 12.1. The standard InChI is InChI=1S/C17H19NO3/c1-20-15-9-7-13(8-10-15)12-21-17(19)16(11-18)14-5-3-2-4-6-14/h2-10,16H,11-12,18H2,1H3. The average molecular weight is 285 g/mol. The highest BCUT2D eigenvalue weighted by atomic mass is 16.5. The molecule has 0 spiro atoms. The Kier molecular flexibility index (Phi) is 5.35. The maximum Gasteiger partial charge on any atom is 0.315 e. The summed E-state index contributed by atoms with van der Waals surface area (Å²) in [4.78, 5) is 12.1. The van der Waals surface area contributed by atoms with E-state index in [0.717, 1.165) is 16.9 Å². The number of hydrogen-bond acceptors (Lipinski definition) is 4. The van der Waals surface area contributed by atoms with Crippen molar-refractivity contribution in [3.05, 3.63) is 65.7 Å². The first-order chi connectivity index (χ1) is 10.2. The molecule has 0 aliphatic rings. The van der Waals surface area contributed by atoms with Crippen LogP contribution in [0.25, 0.3) is 0 Å². The number of ether oxygens (including phenoxy) is 2. The Bertz CT molecular complexity index is 566. The third-order valence-electron chi connectivity index (χ3n) is 3.26. The number of esters is 1. The molecule has 2 N–H and O–H groups in total. The van der Waals surface area contributed by atoms with Gasteiger partial charge in [0, 0.05) is 6.54 Å². The van der Waals surface area contributed by atoms with E-state index in [2.05, 4.69) is 0 Å². The monoisotopic (exact) mass is 285 g/mol. The smallest absolute Gasteiger partial charge is 0.315 e. The van der Waals surface area contributed by atoms with Crippen LogP contribution in [0.1, 0.15) is 17.0 Å². The molecule has 110 valence electrons. The van der Waals surface area contributed by atoms with Crippen LogP contribution in [0.5, 0.6) is 5.75 Å². The number of rotatable bonds is 6. The Morgan fingerprint density at radius 1 is 1.10 bits per heavy atom. The summed E-state index contributed by atoms with van der Waals surface area (Å²) in [5.74, 6) is 0.0400. The SMILES string of the molecule is COc1ccc(COC(=O)C(CN)c2ccccc2)cc1. The minimum absolute atomic E-state index is 0.228. The second-order valence-corrected chi connectivity index (χ2v) is 4.65. The summed E-state index contributed by atoms with van der Waals surface area (Å²) in [5.41, 5.74) is 7.48. The number of carbonyl (C=O) groups is 1. The molecule has 0 aromatic heterocycles. The number of hydrogen-bond donors (Lipinski definition) is 1. The molecule has 2 rings (SSSR count). The molecule has 0 amide bonds. The molecule has 0 fully saturated rings. The zero-order valence-corrected chi connectivity index (χ0v) is 12.0.